The third-order valence-corrected chi connectivity index (χ3v) is 4.15. The molecule has 1 unspecified atom stereocenters. The highest BCUT2D eigenvalue weighted by Crippen LogP contribution is 2.15. The zero-order valence-corrected chi connectivity index (χ0v) is 14.6. The number of carbonyl (C=O) groups is 3. The zero-order chi connectivity index (χ0) is 18.7. The van der Waals surface area contributed by atoms with E-state index in [1.807, 2.05) is 13.8 Å². The molecule has 1 aromatic heterocycles. The molecular weight excluding hydrogens is 326 g/mol. The van der Waals surface area contributed by atoms with E-state index in [9.17, 15) is 19.2 Å². The van der Waals surface area contributed by atoms with Crippen LogP contribution >= 0.6 is 0 Å². The Morgan fingerprint density at radius 1 is 1.28 bits per heavy atom. The van der Waals surface area contributed by atoms with Crippen LogP contribution < -0.4 is 5.56 Å². The van der Waals surface area contributed by atoms with Gasteiger partial charge in [-0.2, -0.15) is 0 Å². The molecule has 1 saturated heterocycles. The molecule has 1 atom stereocenters. The molecule has 0 radical (unpaired) electrons. The van der Waals surface area contributed by atoms with Crippen LogP contribution in [0.4, 0.5) is 0 Å². The van der Waals surface area contributed by atoms with E-state index in [1.165, 1.54) is 23.2 Å². The van der Waals surface area contributed by atoms with E-state index in [4.69, 9.17) is 5.11 Å². The van der Waals surface area contributed by atoms with Crippen molar-refractivity contribution in [3.05, 3.63) is 34.2 Å². The molecule has 2 amide bonds. The number of aromatic nitrogens is 1. The lowest BCUT2D eigenvalue weighted by Crippen LogP contribution is -2.58. The van der Waals surface area contributed by atoms with E-state index in [-0.39, 0.29) is 11.5 Å². The number of pyridine rings is 1. The first-order chi connectivity index (χ1) is 11.7. The topological polar surface area (TPSA) is 99.9 Å². The molecule has 8 heteroatoms. The molecule has 25 heavy (non-hydrogen) atoms. The Balaban J connectivity index is 2.23. The number of hydrogen-bond donors (Lipinski definition) is 1. The molecule has 0 bridgehead atoms. The lowest BCUT2D eigenvalue weighted by Gasteiger charge is -2.39. The van der Waals surface area contributed by atoms with Gasteiger partial charge in [-0.15, -0.1) is 0 Å². The number of rotatable bonds is 5. The highest BCUT2D eigenvalue weighted by molar-refractivity contribution is 5.97. The number of piperazine rings is 1. The monoisotopic (exact) mass is 349 g/mol. The van der Waals surface area contributed by atoms with Crippen molar-refractivity contribution < 1.29 is 19.5 Å². The van der Waals surface area contributed by atoms with Crippen LogP contribution in [-0.2, 0) is 16.1 Å². The largest absolute Gasteiger partial charge is 0.480 e. The van der Waals surface area contributed by atoms with Gasteiger partial charge in [-0.25, -0.2) is 0 Å². The smallest absolute Gasteiger partial charge is 0.323 e. The normalized spacial score (nSPS) is 17.9. The molecule has 0 aliphatic carbocycles. The van der Waals surface area contributed by atoms with Crippen LogP contribution in [0.1, 0.15) is 31.1 Å². The van der Waals surface area contributed by atoms with Crippen LogP contribution in [0.2, 0.25) is 0 Å². The van der Waals surface area contributed by atoms with Crippen LogP contribution in [0.25, 0.3) is 0 Å². The summed E-state index contributed by atoms with van der Waals surface area (Å²) in [4.78, 5) is 51.5. The lowest BCUT2D eigenvalue weighted by molar-refractivity contribution is -0.140. The predicted octanol–water partition coefficient (Wildman–Crippen LogP) is 0.262. The number of hydrogen-bond acceptors (Lipinski definition) is 4. The third-order valence-electron chi connectivity index (χ3n) is 4.15. The number of carboxylic acid groups (broad SMARTS) is 1. The minimum Gasteiger partial charge on any atom is -0.480 e. The van der Waals surface area contributed by atoms with Gasteiger partial charge in [0, 0.05) is 25.8 Å². The van der Waals surface area contributed by atoms with Gasteiger partial charge in [0.05, 0.1) is 0 Å². The molecule has 2 rings (SSSR count). The average Bonchev–Trinajstić information content (AvgIpc) is 2.53. The van der Waals surface area contributed by atoms with Crippen molar-refractivity contribution in [3.8, 4) is 0 Å². The van der Waals surface area contributed by atoms with Crippen molar-refractivity contribution >= 4 is 17.8 Å². The van der Waals surface area contributed by atoms with Crippen molar-refractivity contribution in [2.45, 2.75) is 33.4 Å². The van der Waals surface area contributed by atoms with Crippen LogP contribution in [0, 0.1) is 5.92 Å². The quantitative estimate of drug-likeness (QED) is 0.822. The van der Waals surface area contributed by atoms with Crippen LogP contribution in [-0.4, -0.2) is 62.9 Å². The fourth-order valence-corrected chi connectivity index (χ4v) is 2.95. The maximum atomic E-state index is 12.7. The summed E-state index contributed by atoms with van der Waals surface area (Å²) in [5, 5.41) is 8.84. The van der Waals surface area contributed by atoms with Crippen LogP contribution in [0.5, 0.6) is 0 Å². The van der Waals surface area contributed by atoms with Crippen molar-refractivity contribution in [3.63, 3.8) is 0 Å². The average molecular weight is 349 g/mol. The number of carboxylic acids is 1. The summed E-state index contributed by atoms with van der Waals surface area (Å²) in [5.41, 5.74) is -0.792. The molecule has 1 fully saturated rings. The van der Waals surface area contributed by atoms with E-state index in [2.05, 4.69) is 0 Å². The molecule has 0 aromatic carbocycles. The van der Waals surface area contributed by atoms with Crippen LogP contribution in [0.15, 0.2) is 23.1 Å². The summed E-state index contributed by atoms with van der Waals surface area (Å²) in [7, 11) is 0. The van der Waals surface area contributed by atoms with Gasteiger partial charge < -0.3 is 19.5 Å². The van der Waals surface area contributed by atoms with Gasteiger partial charge in [0.15, 0.2) is 0 Å². The van der Waals surface area contributed by atoms with E-state index in [0.717, 1.165) is 4.57 Å². The zero-order valence-electron chi connectivity index (χ0n) is 14.6. The fourth-order valence-electron chi connectivity index (χ4n) is 2.95. The Morgan fingerprint density at radius 2 is 1.96 bits per heavy atom. The summed E-state index contributed by atoms with van der Waals surface area (Å²) in [6.07, 6.45) is 1.32. The van der Waals surface area contributed by atoms with Gasteiger partial charge in [0.2, 0.25) is 5.91 Å². The van der Waals surface area contributed by atoms with E-state index >= 15 is 0 Å². The molecule has 2 heterocycles. The first-order valence-electron chi connectivity index (χ1n) is 8.23. The van der Waals surface area contributed by atoms with Crippen molar-refractivity contribution in [2.75, 3.05) is 19.6 Å². The highest BCUT2D eigenvalue weighted by Gasteiger charge is 2.35. The standard InChI is InChI=1S/C17H23N3O5/c1-11(2)9-19-7-8-20(12(3)15(19)23)17(25)13-5-4-6-18(16(13)24)10-14(21)22/h4-6,11-12H,7-10H2,1-3H3,(H,21,22). The minimum atomic E-state index is -1.17. The summed E-state index contributed by atoms with van der Waals surface area (Å²) >= 11 is 0. The van der Waals surface area contributed by atoms with Crippen molar-refractivity contribution in [1.29, 1.82) is 0 Å². The second-order valence-corrected chi connectivity index (χ2v) is 6.60. The van der Waals surface area contributed by atoms with E-state index in [1.54, 1.807) is 11.8 Å². The molecule has 0 saturated carbocycles. The number of amides is 2. The second kappa shape index (κ2) is 7.50. The van der Waals surface area contributed by atoms with Crippen molar-refractivity contribution in [1.82, 2.24) is 14.4 Å². The van der Waals surface area contributed by atoms with Gasteiger partial charge in [-0.3, -0.25) is 19.2 Å². The van der Waals surface area contributed by atoms with Crippen LogP contribution in [0.3, 0.4) is 0 Å². The SMILES string of the molecule is CC(C)CN1CCN(C(=O)c2cccn(CC(=O)O)c2=O)C(C)C1=O. The van der Waals surface area contributed by atoms with Gasteiger partial charge >= 0.3 is 5.97 Å². The molecule has 1 aliphatic rings. The minimum absolute atomic E-state index is 0.124. The van der Waals surface area contributed by atoms with E-state index < -0.39 is 30.0 Å². The summed E-state index contributed by atoms with van der Waals surface area (Å²) in [6, 6.07) is 2.16. The summed E-state index contributed by atoms with van der Waals surface area (Å²) in [6.45, 7) is 6.55. The molecule has 8 nitrogen and oxygen atoms in total. The van der Waals surface area contributed by atoms with Gasteiger partial charge in [0.1, 0.15) is 18.2 Å². The maximum absolute atomic E-state index is 12.7. The molecule has 0 spiro atoms. The molecule has 1 aliphatic heterocycles. The molecular formula is C17H23N3O5. The second-order valence-electron chi connectivity index (χ2n) is 6.60. The Morgan fingerprint density at radius 3 is 2.56 bits per heavy atom. The molecule has 1 aromatic rings. The third kappa shape index (κ3) is 4.07. The number of aliphatic carboxylic acids is 1. The maximum Gasteiger partial charge on any atom is 0.323 e. The first kappa shape index (κ1) is 18.7. The fraction of sp³-hybridized carbons (Fsp3) is 0.529. The van der Waals surface area contributed by atoms with Gasteiger partial charge in [-0.1, -0.05) is 13.8 Å². The Labute approximate surface area is 145 Å². The summed E-state index contributed by atoms with van der Waals surface area (Å²) < 4.78 is 0.969. The highest BCUT2D eigenvalue weighted by atomic mass is 16.4. The van der Waals surface area contributed by atoms with E-state index in [0.29, 0.717) is 25.6 Å². The Hall–Kier alpha value is -2.64. The molecule has 136 valence electrons. The Bertz CT molecular complexity index is 740. The first-order valence-corrected chi connectivity index (χ1v) is 8.23. The number of nitrogens with zero attached hydrogens (tertiary/aromatic N) is 3. The summed E-state index contributed by atoms with van der Waals surface area (Å²) in [5.74, 6) is -1.53. The Kier molecular flexibility index (Phi) is 5.61. The molecule has 1 N–H and O–H groups in total. The van der Waals surface area contributed by atoms with Gasteiger partial charge in [0.25, 0.3) is 11.5 Å². The predicted molar refractivity (Wildman–Crippen MR) is 90.3 cm³/mol. The van der Waals surface area contributed by atoms with Crippen molar-refractivity contribution in [2.24, 2.45) is 5.92 Å². The van der Waals surface area contributed by atoms with Gasteiger partial charge in [-0.05, 0) is 25.0 Å². The lowest BCUT2D eigenvalue weighted by atomic mass is 10.1. The number of carbonyl (C=O) groups excluding carboxylic acids is 2.